The van der Waals surface area contributed by atoms with Crippen LogP contribution in [-0.4, -0.2) is 72.7 Å². The number of aliphatic hydroxyl groups excluding tert-OH is 1. The summed E-state index contributed by atoms with van der Waals surface area (Å²) in [5.41, 5.74) is 4.06. The van der Waals surface area contributed by atoms with E-state index in [0.717, 1.165) is 35.6 Å². The van der Waals surface area contributed by atoms with Gasteiger partial charge in [-0.1, -0.05) is 12.1 Å². The largest absolute Gasteiger partial charge is 0.389 e. The van der Waals surface area contributed by atoms with E-state index in [9.17, 15) is 23.1 Å². The summed E-state index contributed by atoms with van der Waals surface area (Å²) in [6.07, 6.45) is -1.92. The number of carbonyl (C=O) groups is 1. The molecule has 2 aliphatic rings. The van der Waals surface area contributed by atoms with Gasteiger partial charge in [-0.3, -0.25) is 0 Å². The van der Waals surface area contributed by atoms with E-state index in [1.807, 2.05) is 31.2 Å². The van der Waals surface area contributed by atoms with Crippen LogP contribution in [0.2, 0.25) is 0 Å². The van der Waals surface area contributed by atoms with Crippen molar-refractivity contribution in [3.05, 3.63) is 47.7 Å². The molecule has 1 aromatic carbocycles. The summed E-state index contributed by atoms with van der Waals surface area (Å²) in [7, 11) is 0. The van der Waals surface area contributed by atoms with Gasteiger partial charge in [0.1, 0.15) is 5.82 Å². The minimum Gasteiger partial charge on any atom is -0.389 e. The average molecular weight is 519 g/mol. The van der Waals surface area contributed by atoms with Gasteiger partial charge >= 0.3 is 12.2 Å². The zero-order chi connectivity index (χ0) is 26.6. The number of carbonyl (C=O) groups excluding carboxylic acids is 1. The maximum Gasteiger partial charge on any atom is 0.389 e. The Kier molecular flexibility index (Phi) is 8.39. The number of morpholine rings is 1. The van der Waals surface area contributed by atoms with Crippen molar-refractivity contribution >= 4 is 23.6 Å². The summed E-state index contributed by atoms with van der Waals surface area (Å²) >= 11 is 0. The normalized spacial score (nSPS) is 19.5. The van der Waals surface area contributed by atoms with E-state index in [1.54, 1.807) is 25.1 Å². The van der Waals surface area contributed by atoms with E-state index in [4.69, 9.17) is 9.72 Å². The van der Waals surface area contributed by atoms with Gasteiger partial charge in [-0.05, 0) is 73.2 Å². The fraction of sp³-hybridized carbons (Fsp3) is 0.481. The summed E-state index contributed by atoms with van der Waals surface area (Å²) in [4.78, 5) is 21.1. The molecule has 0 aliphatic carbocycles. The molecule has 1 aromatic heterocycles. The van der Waals surface area contributed by atoms with Crippen LogP contribution >= 0.6 is 0 Å². The van der Waals surface area contributed by atoms with Crippen LogP contribution in [0.15, 0.2) is 36.4 Å². The number of nitrogens with one attached hydrogen (secondary N) is 1. The molecule has 10 heteroatoms. The van der Waals surface area contributed by atoms with Gasteiger partial charge in [0.2, 0.25) is 0 Å². The molecule has 37 heavy (non-hydrogen) atoms. The molecule has 2 saturated heterocycles. The highest BCUT2D eigenvalue weighted by atomic mass is 19.4. The van der Waals surface area contributed by atoms with Gasteiger partial charge in [0.25, 0.3) is 0 Å². The van der Waals surface area contributed by atoms with Crippen molar-refractivity contribution in [3.8, 4) is 11.1 Å². The van der Waals surface area contributed by atoms with Crippen LogP contribution in [0, 0.1) is 12.8 Å². The summed E-state index contributed by atoms with van der Waals surface area (Å²) in [6.45, 7) is 6.71. The maximum absolute atomic E-state index is 12.8. The molecule has 2 atom stereocenters. The monoisotopic (exact) mass is 518 g/mol. The lowest BCUT2D eigenvalue weighted by atomic mass is 9.99. The second-order valence-electron chi connectivity index (χ2n) is 9.72. The highest BCUT2D eigenvalue weighted by molar-refractivity contribution is 5.91. The number of anilines is 2. The second-order valence-corrected chi connectivity index (χ2v) is 9.72. The first-order chi connectivity index (χ1) is 17.6. The number of rotatable bonds is 6. The van der Waals surface area contributed by atoms with E-state index in [1.165, 1.54) is 4.90 Å². The van der Waals surface area contributed by atoms with Crippen molar-refractivity contribution in [2.45, 2.75) is 39.0 Å². The number of nitrogens with zero attached hydrogens (tertiary/aromatic N) is 3. The van der Waals surface area contributed by atoms with Crippen LogP contribution in [0.3, 0.4) is 0 Å². The van der Waals surface area contributed by atoms with Crippen LogP contribution in [0.5, 0.6) is 0 Å². The molecule has 0 spiro atoms. The third kappa shape index (κ3) is 7.45. The zero-order valence-corrected chi connectivity index (χ0v) is 21.1. The number of halogens is 3. The molecule has 1 unspecified atom stereocenters. The summed E-state index contributed by atoms with van der Waals surface area (Å²) in [6, 6.07) is 9.10. The van der Waals surface area contributed by atoms with Crippen LogP contribution in [0.1, 0.15) is 31.0 Å². The standard InChI is InChI=1S/C27H33F3N4O3/c1-18-3-5-23(32-26(36)34-8-7-20(17-34)16-27(28,29)30)15-24(18)21-13-22(6-4-19(2)35)31-25(14-21)33-9-11-37-12-10-33/h3-6,13-15,19-20,35H,7-12,16-17H2,1-2H3,(H,32,36)/b6-4+/t19-,20?/m1/s1. The number of aryl methyl sites for hydroxylation is 1. The van der Waals surface area contributed by atoms with Gasteiger partial charge in [-0.2, -0.15) is 13.2 Å². The first-order valence-corrected chi connectivity index (χ1v) is 12.5. The fourth-order valence-corrected chi connectivity index (χ4v) is 4.69. The molecule has 2 aliphatic heterocycles. The molecular weight excluding hydrogens is 485 g/mol. The first kappa shape index (κ1) is 26.9. The maximum atomic E-state index is 12.8. The van der Waals surface area contributed by atoms with Crippen molar-refractivity contribution in [3.63, 3.8) is 0 Å². The van der Waals surface area contributed by atoms with Crippen molar-refractivity contribution in [2.75, 3.05) is 49.6 Å². The quantitative estimate of drug-likeness (QED) is 0.557. The van der Waals surface area contributed by atoms with Crippen molar-refractivity contribution in [1.82, 2.24) is 9.88 Å². The number of ether oxygens (including phenoxy) is 1. The van der Waals surface area contributed by atoms with Crippen LogP contribution in [0.25, 0.3) is 17.2 Å². The molecular formula is C27H33F3N4O3. The molecule has 0 radical (unpaired) electrons. The molecule has 7 nitrogen and oxygen atoms in total. The van der Waals surface area contributed by atoms with E-state index in [2.05, 4.69) is 10.2 Å². The number of aliphatic hydroxyl groups is 1. The lowest BCUT2D eigenvalue weighted by Crippen LogP contribution is -2.36. The average Bonchev–Trinajstić information content (AvgIpc) is 3.31. The third-order valence-electron chi connectivity index (χ3n) is 6.61. The molecule has 2 aromatic rings. The Morgan fingerprint density at radius 3 is 2.70 bits per heavy atom. The van der Waals surface area contributed by atoms with Gasteiger partial charge in [-0.25, -0.2) is 9.78 Å². The van der Waals surface area contributed by atoms with Gasteiger partial charge in [0, 0.05) is 38.3 Å². The Morgan fingerprint density at radius 2 is 2.00 bits per heavy atom. The van der Waals surface area contributed by atoms with Crippen LogP contribution < -0.4 is 10.2 Å². The predicted molar refractivity (Wildman–Crippen MR) is 138 cm³/mol. The van der Waals surface area contributed by atoms with E-state index < -0.39 is 30.7 Å². The SMILES string of the molecule is Cc1ccc(NC(=O)N2CCC(CC(F)(F)F)C2)cc1-c1cc(/C=C/[C@@H](C)O)nc(N2CCOCC2)c1. The molecule has 0 saturated carbocycles. The zero-order valence-electron chi connectivity index (χ0n) is 21.1. The van der Waals surface area contributed by atoms with Crippen LogP contribution in [-0.2, 0) is 4.74 Å². The Labute approximate surface area is 214 Å². The first-order valence-electron chi connectivity index (χ1n) is 12.5. The van der Waals surface area contributed by atoms with Crippen LogP contribution in [0.4, 0.5) is 29.5 Å². The van der Waals surface area contributed by atoms with E-state index >= 15 is 0 Å². The number of hydrogen-bond acceptors (Lipinski definition) is 5. The molecule has 2 amide bonds. The molecule has 2 fully saturated rings. The highest BCUT2D eigenvalue weighted by Gasteiger charge is 2.36. The minimum atomic E-state index is -4.23. The molecule has 2 N–H and O–H groups in total. The summed E-state index contributed by atoms with van der Waals surface area (Å²) in [5.74, 6) is 0.232. The number of hydrogen-bond donors (Lipinski definition) is 2. The minimum absolute atomic E-state index is 0.0936. The van der Waals surface area contributed by atoms with Crippen molar-refractivity contribution in [2.24, 2.45) is 5.92 Å². The third-order valence-corrected chi connectivity index (χ3v) is 6.61. The van der Waals surface area contributed by atoms with Crippen molar-refractivity contribution < 1.29 is 27.8 Å². The number of likely N-dealkylation sites (tertiary alicyclic amines) is 1. The van der Waals surface area contributed by atoms with Crippen molar-refractivity contribution in [1.29, 1.82) is 0 Å². The van der Waals surface area contributed by atoms with E-state index in [0.29, 0.717) is 37.6 Å². The number of amides is 2. The van der Waals surface area contributed by atoms with Gasteiger partial charge in [0.15, 0.2) is 0 Å². The van der Waals surface area contributed by atoms with Gasteiger partial charge < -0.3 is 25.0 Å². The summed E-state index contributed by atoms with van der Waals surface area (Å²) in [5, 5.41) is 12.6. The molecule has 3 heterocycles. The Bertz CT molecular complexity index is 1130. The Morgan fingerprint density at radius 1 is 1.24 bits per heavy atom. The second kappa shape index (κ2) is 11.5. The predicted octanol–water partition coefficient (Wildman–Crippen LogP) is 5.09. The number of urea groups is 1. The van der Waals surface area contributed by atoms with Gasteiger partial charge in [0.05, 0.1) is 25.0 Å². The Hall–Kier alpha value is -3.11. The van der Waals surface area contributed by atoms with Gasteiger partial charge in [-0.15, -0.1) is 0 Å². The number of aromatic nitrogens is 1. The highest BCUT2D eigenvalue weighted by Crippen LogP contribution is 2.32. The molecule has 200 valence electrons. The molecule has 0 bridgehead atoms. The summed E-state index contributed by atoms with van der Waals surface area (Å²) < 4.78 is 43.7. The molecule has 4 rings (SSSR count). The Balaban J connectivity index is 1.56. The number of pyridine rings is 1. The van der Waals surface area contributed by atoms with E-state index in [-0.39, 0.29) is 6.54 Å². The number of alkyl halides is 3. The number of benzene rings is 1. The lowest BCUT2D eigenvalue weighted by Gasteiger charge is -2.28. The lowest BCUT2D eigenvalue weighted by molar-refractivity contribution is -0.143. The topological polar surface area (TPSA) is 77.9 Å². The smallest absolute Gasteiger partial charge is 0.389 e. The fourth-order valence-electron chi connectivity index (χ4n) is 4.69.